The average molecular weight is 320 g/mol. The fourth-order valence-corrected chi connectivity index (χ4v) is 3.59. The van der Waals surface area contributed by atoms with Crippen LogP contribution in [-0.4, -0.2) is 25.8 Å². The van der Waals surface area contributed by atoms with Crippen LogP contribution in [0.15, 0.2) is 47.4 Å². The summed E-state index contributed by atoms with van der Waals surface area (Å²) in [4.78, 5) is 13.8. The molecule has 0 radical (unpaired) electrons. The summed E-state index contributed by atoms with van der Waals surface area (Å²) in [6.45, 7) is 1.80. The normalized spacial score (nSPS) is 16.6. The molecule has 0 saturated heterocycles. The van der Waals surface area contributed by atoms with E-state index in [9.17, 15) is 17.6 Å². The molecule has 1 heterocycles. The second-order valence-corrected chi connectivity index (χ2v) is 6.98. The van der Waals surface area contributed by atoms with Gasteiger partial charge in [0.1, 0.15) is 10.7 Å². The molecule has 1 aliphatic rings. The highest BCUT2D eigenvalue weighted by Crippen LogP contribution is 2.38. The topological polar surface area (TPSA) is 57.7 Å². The maximum atomic E-state index is 13.1. The summed E-state index contributed by atoms with van der Waals surface area (Å²) in [5, 5.41) is 0. The summed E-state index contributed by atoms with van der Waals surface area (Å²) >= 11 is 0. The summed E-state index contributed by atoms with van der Waals surface area (Å²) in [7, 11) is -2.66. The van der Waals surface area contributed by atoms with Crippen molar-refractivity contribution in [3.63, 3.8) is 0 Å². The molecule has 1 aliphatic heterocycles. The van der Waals surface area contributed by atoms with Crippen LogP contribution in [0.3, 0.4) is 0 Å². The van der Waals surface area contributed by atoms with Gasteiger partial charge < -0.3 is 0 Å². The van der Waals surface area contributed by atoms with E-state index in [-0.39, 0.29) is 10.6 Å². The van der Waals surface area contributed by atoms with Crippen LogP contribution in [0.4, 0.5) is 20.6 Å². The van der Waals surface area contributed by atoms with Crippen molar-refractivity contribution in [3.8, 4) is 0 Å². The number of anilines is 2. The van der Waals surface area contributed by atoms with Gasteiger partial charge in [0.05, 0.1) is 11.4 Å². The van der Waals surface area contributed by atoms with Gasteiger partial charge in [-0.25, -0.2) is 21.9 Å². The summed E-state index contributed by atoms with van der Waals surface area (Å²) < 4.78 is 38.5. The Hall–Kier alpha value is -2.41. The molecule has 0 atom stereocenters. The van der Waals surface area contributed by atoms with Crippen molar-refractivity contribution in [3.05, 3.63) is 53.8 Å². The molecule has 0 fully saturated rings. The van der Waals surface area contributed by atoms with Gasteiger partial charge in [-0.2, -0.15) is 0 Å². The van der Waals surface area contributed by atoms with E-state index in [1.807, 2.05) is 0 Å². The van der Waals surface area contributed by atoms with Gasteiger partial charge >= 0.3 is 6.03 Å². The third-order valence-electron chi connectivity index (χ3n) is 3.54. The first-order valence-electron chi connectivity index (χ1n) is 6.51. The Balaban J connectivity index is 2.29. The number of aryl methyl sites for hydroxylation is 1. The molecule has 2 aromatic rings. The minimum atomic E-state index is -3.87. The predicted molar refractivity (Wildman–Crippen MR) is 80.1 cm³/mol. The number of hydrogen-bond acceptors (Lipinski definition) is 3. The molecular formula is C15H13FN2O3S. The minimum Gasteiger partial charge on any atom is -0.261 e. The second-order valence-electron chi connectivity index (χ2n) is 5.04. The molecule has 22 heavy (non-hydrogen) atoms. The number of urea groups is 1. The van der Waals surface area contributed by atoms with Crippen LogP contribution in [0, 0.1) is 12.7 Å². The molecule has 2 amide bonds. The molecule has 3 rings (SSSR count). The Bertz CT molecular complexity index is 863. The number of benzene rings is 2. The lowest BCUT2D eigenvalue weighted by Crippen LogP contribution is -2.46. The zero-order valence-electron chi connectivity index (χ0n) is 11.9. The number of carbonyl (C=O) groups is 1. The van der Waals surface area contributed by atoms with E-state index in [0.29, 0.717) is 9.99 Å². The number of sulfonamides is 1. The van der Waals surface area contributed by atoms with Crippen molar-refractivity contribution < 1.29 is 17.6 Å². The zero-order chi connectivity index (χ0) is 16.1. The SMILES string of the molecule is Cc1ccc2c(c1)N(c1ccc(F)cc1)C(=O)N(C)S2(=O)=O. The van der Waals surface area contributed by atoms with Crippen LogP contribution in [0.1, 0.15) is 5.56 Å². The number of halogens is 1. The van der Waals surface area contributed by atoms with Crippen LogP contribution in [-0.2, 0) is 10.0 Å². The fourth-order valence-electron chi connectivity index (χ4n) is 2.35. The van der Waals surface area contributed by atoms with Crippen molar-refractivity contribution in [2.75, 3.05) is 11.9 Å². The summed E-state index contributed by atoms with van der Waals surface area (Å²) in [5.74, 6) is -0.432. The van der Waals surface area contributed by atoms with Gasteiger partial charge in [-0.1, -0.05) is 6.07 Å². The quantitative estimate of drug-likeness (QED) is 0.811. The van der Waals surface area contributed by atoms with E-state index in [1.54, 1.807) is 19.1 Å². The lowest BCUT2D eigenvalue weighted by Gasteiger charge is -2.34. The number of hydrogen-bond donors (Lipinski definition) is 0. The van der Waals surface area contributed by atoms with Crippen LogP contribution in [0.25, 0.3) is 0 Å². The Labute approximate surface area is 127 Å². The maximum Gasteiger partial charge on any atom is 0.342 e. The lowest BCUT2D eigenvalue weighted by atomic mass is 10.2. The Morgan fingerprint density at radius 2 is 1.68 bits per heavy atom. The van der Waals surface area contributed by atoms with E-state index < -0.39 is 21.9 Å². The molecule has 0 bridgehead atoms. The number of rotatable bonds is 1. The van der Waals surface area contributed by atoms with Crippen LogP contribution >= 0.6 is 0 Å². The first-order valence-corrected chi connectivity index (χ1v) is 7.95. The number of carbonyl (C=O) groups excluding carboxylic acids is 1. The highest BCUT2D eigenvalue weighted by molar-refractivity contribution is 7.90. The molecule has 114 valence electrons. The highest BCUT2D eigenvalue weighted by Gasteiger charge is 2.39. The second kappa shape index (κ2) is 4.81. The molecule has 0 aliphatic carbocycles. The van der Waals surface area contributed by atoms with Crippen molar-refractivity contribution in [2.45, 2.75) is 11.8 Å². The van der Waals surface area contributed by atoms with Crippen LogP contribution < -0.4 is 4.90 Å². The molecule has 2 aromatic carbocycles. The smallest absolute Gasteiger partial charge is 0.261 e. The first kappa shape index (κ1) is 14.5. The van der Waals surface area contributed by atoms with E-state index in [1.165, 1.54) is 42.3 Å². The number of amides is 2. The van der Waals surface area contributed by atoms with Gasteiger partial charge in [0.25, 0.3) is 10.0 Å². The van der Waals surface area contributed by atoms with Crippen molar-refractivity contribution in [2.24, 2.45) is 0 Å². The molecular weight excluding hydrogens is 307 g/mol. The van der Waals surface area contributed by atoms with E-state index in [4.69, 9.17) is 0 Å². The molecule has 0 unspecified atom stereocenters. The van der Waals surface area contributed by atoms with Crippen LogP contribution in [0.2, 0.25) is 0 Å². The van der Waals surface area contributed by atoms with Crippen molar-refractivity contribution in [1.29, 1.82) is 0 Å². The standard InChI is InChI=1S/C15H13FN2O3S/c1-10-3-8-14-13(9-10)18(12-6-4-11(16)5-7-12)15(19)17(2)22(14,20)21/h3-9H,1-2H3. The van der Waals surface area contributed by atoms with Crippen LogP contribution in [0.5, 0.6) is 0 Å². The zero-order valence-corrected chi connectivity index (χ0v) is 12.8. The van der Waals surface area contributed by atoms with Gasteiger partial charge in [0.15, 0.2) is 0 Å². The van der Waals surface area contributed by atoms with Crippen molar-refractivity contribution in [1.82, 2.24) is 4.31 Å². The fraction of sp³-hybridized carbons (Fsp3) is 0.133. The molecule has 0 spiro atoms. The van der Waals surface area contributed by atoms with Gasteiger partial charge in [0, 0.05) is 7.05 Å². The molecule has 0 aromatic heterocycles. The number of fused-ring (bicyclic) bond motifs is 1. The van der Waals surface area contributed by atoms with E-state index >= 15 is 0 Å². The van der Waals surface area contributed by atoms with Gasteiger partial charge in [-0.3, -0.25) is 4.90 Å². The lowest BCUT2D eigenvalue weighted by molar-refractivity contribution is 0.235. The third kappa shape index (κ3) is 2.05. The maximum absolute atomic E-state index is 13.1. The Morgan fingerprint density at radius 3 is 2.32 bits per heavy atom. The first-order chi connectivity index (χ1) is 10.3. The third-order valence-corrected chi connectivity index (χ3v) is 5.32. The van der Waals surface area contributed by atoms with E-state index in [0.717, 1.165) is 5.56 Å². The van der Waals surface area contributed by atoms with Gasteiger partial charge in [-0.05, 0) is 48.9 Å². The predicted octanol–water partition coefficient (Wildman–Crippen LogP) is 3.03. The van der Waals surface area contributed by atoms with E-state index in [2.05, 4.69) is 0 Å². The molecule has 7 heteroatoms. The monoisotopic (exact) mass is 320 g/mol. The Morgan fingerprint density at radius 1 is 1.05 bits per heavy atom. The summed E-state index contributed by atoms with van der Waals surface area (Å²) in [6, 6.07) is 9.38. The largest absolute Gasteiger partial charge is 0.342 e. The molecule has 5 nitrogen and oxygen atoms in total. The van der Waals surface area contributed by atoms with Gasteiger partial charge in [-0.15, -0.1) is 0 Å². The molecule has 0 saturated carbocycles. The highest BCUT2D eigenvalue weighted by atomic mass is 32.2. The summed E-state index contributed by atoms with van der Waals surface area (Å²) in [6.07, 6.45) is 0. The number of nitrogens with zero attached hydrogens (tertiary/aromatic N) is 2. The average Bonchev–Trinajstić information content (AvgIpc) is 2.47. The Kier molecular flexibility index (Phi) is 3.17. The van der Waals surface area contributed by atoms with Gasteiger partial charge in [0.2, 0.25) is 0 Å². The van der Waals surface area contributed by atoms with Crippen molar-refractivity contribution >= 4 is 27.4 Å². The summed E-state index contributed by atoms with van der Waals surface area (Å²) in [5.41, 5.74) is 1.49. The minimum absolute atomic E-state index is 0.0459. The molecule has 0 N–H and O–H groups in total.